The minimum Gasteiger partial charge on any atom is -0.497 e. The first kappa shape index (κ1) is 27.3. The Hall–Kier alpha value is -3.27. The molecule has 0 unspecified atom stereocenters. The lowest BCUT2D eigenvalue weighted by Crippen LogP contribution is -2.59. The van der Waals surface area contributed by atoms with E-state index < -0.39 is 12.0 Å². The number of esters is 1. The van der Waals surface area contributed by atoms with E-state index in [9.17, 15) is 14.4 Å². The molecule has 10 heteroatoms. The second kappa shape index (κ2) is 11.2. The van der Waals surface area contributed by atoms with E-state index >= 15 is 0 Å². The summed E-state index contributed by atoms with van der Waals surface area (Å²) < 4.78 is 10.7. The number of methoxy groups -OCH3 is 1. The molecule has 198 valence electrons. The molecule has 1 saturated heterocycles. The van der Waals surface area contributed by atoms with Crippen LogP contribution in [0.3, 0.4) is 0 Å². The summed E-state index contributed by atoms with van der Waals surface area (Å²) in [5, 5.41) is 5.96. The topological polar surface area (TPSA) is 103 Å². The van der Waals surface area contributed by atoms with Crippen LogP contribution in [0, 0.1) is 0 Å². The van der Waals surface area contributed by atoms with Crippen LogP contribution in [0.2, 0.25) is 0 Å². The second-order valence-electron chi connectivity index (χ2n) is 10.3. The lowest BCUT2D eigenvalue weighted by Gasteiger charge is -2.43. The molecule has 0 aromatic heterocycles. The second-order valence-corrected chi connectivity index (χ2v) is 10.3. The fourth-order valence-electron chi connectivity index (χ4n) is 4.53. The average molecular weight is 502 g/mol. The first-order chi connectivity index (χ1) is 16.9. The van der Waals surface area contributed by atoms with Gasteiger partial charge in [0, 0.05) is 50.5 Å². The van der Waals surface area contributed by atoms with Gasteiger partial charge in [0.05, 0.1) is 25.3 Å². The lowest BCUT2D eigenvalue weighted by atomic mass is 9.94. The molecule has 2 aliphatic heterocycles. The van der Waals surface area contributed by atoms with Crippen LogP contribution in [0.1, 0.15) is 46.2 Å². The molecule has 1 aromatic carbocycles. The van der Waals surface area contributed by atoms with E-state index in [4.69, 9.17) is 9.47 Å². The van der Waals surface area contributed by atoms with Crippen LogP contribution in [0.15, 0.2) is 35.5 Å². The molecular weight excluding hydrogens is 462 g/mol. The number of benzene rings is 1. The Bertz CT molecular complexity index is 1000. The normalized spacial score (nSPS) is 21.2. The maximum absolute atomic E-state index is 13.2. The highest BCUT2D eigenvalue weighted by molar-refractivity contribution is 5.95. The van der Waals surface area contributed by atoms with Crippen molar-refractivity contribution in [2.24, 2.45) is 0 Å². The number of hydrogen-bond acceptors (Lipinski definition) is 6. The third kappa shape index (κ3) is 6.29. The molecule has 2 heterocycles. The van der Waals surface area contributed by atoms with Crippen molar-refractivity contribution in [2.75, 3.05) is 46.9 Å². The van der Waals surface area contributed by atoms with Crippen molar-refractivity contribution in [3.63, 3.8) is 0 Å². The van der Waals surface area contributed by atoms with Crippen LogP contribution in [-0.4, -0.2) is 91.3 Å². The third-order valence-electron chi connectivity index (χ3n) is 6.35. The van der Waals surface area contributed by atoms with Gasteiger partial charge in [-0.3, -0.25) is 9.80 Å². The zero-order valence-corrected chi connectivity index (χ0v) is 22.4. The van der Waals surface area contributed by atoms with E-state index in [2.05, 4.69) is 15.5 Å². The van der Waals surface area contributed by atoms with Crippen molar-refractivity contribution < 1.29 is 23.9 Å². The Morgan fingerprint density at radius 1 is 1.17 bits per heavy atom. The minimum absolute atomic E-state index is 0.0344. The number of nitrogens with one attached hydrogen (secondary N) is 2. The highest BCUT2D eigenvalue weighted by Crippen LogP contribution is 2.32. The quantitative estimate of drug-likeness (QED) is 0.581. The van der Waals surface area contributed by atoms with Gasteiger partial charge in [-0.2, -0.15) is 0 Å². The van der Waals surface area contributed by atoms with E-state index in [0.717, 1.165) is 5.56 Å². The van der Waals surface area contributed by atoms with Gasteiger partial charge in [-0.25, -0.2) is 14.4 Å². The molecule has 36 heavy (non-hydrogen) atoms. The number of rotatable bonds is 6. The van der Waals surface area contributed by atoms with Gasteiger partial charge in [0.2, 0.25) is 0 Å². The van der Waals surface area contributed by atoms with Crippen LogP contribution in [0.4, 0.5) is 9.59 Å². The van der Waals surface area contributed by atoms with Crippen molar-refractivity contribution in [1.29, 1.82) is 0 Å². The van der Waals surface area contributed by atoms with Crippen LogP contribution >= 0.6 is 0 Å². The van der Waals surface area contributed by atoms with E-state index in [-0.39, 0.29) is 30.2 Å². The van der Waals surface area contributed by atoms with Crippen molar-refractivity contribution in [3.05, 3.63) is 41.1 Å². The summed E-state index contributed by atoms with van der Waals surface area (Å²) in [6.07, 6.45) is 0. The number of likely N-dealkylation sites (N-methyl/N-ethyl adjacent to an activating group) is 1. The summed E-state index contributed by atoms with van der Waals surface area (Å²) in [7, 11) is 3.24. The summed E-state index contributed by atoms with van der Waals surface area (Å²) in [6, 6.07) is 6.20. The predicted molar refractivity (Wildman–Crippen MR) is 137 cm³/mol. The predicted octanol–water partition coefficient (Wildman–Crippen LogP) is 2.72. The number of piperazine rings is 1. The monoisotopic (exact) mass is 501 g/mol. The van der Waals surface area contributed by atoms with Crippen LogP contribution < -0.4 is 15.4 Å². The Morgan fingerprint density at radius 3 is 2.39 bits per heavy atom. The fourth-order valence-corrected chi connectivity index (χ4v) is 4.53. The molecule has 1 fully saturated rings. The number of amides is 4. The maximum Gasteiger partial charge on any atom is 0.338 e. The first-order valence-electron chi connectivity index (χ1n) is 12.3. The average Bonchev–Trinajstić information content (AvgIpc) is 2.81. The summed E-state index contributed by atoms with van der Waals surface area (Å²) in [5.41, 5.74) is 1.44. The van der Waals surface area contributed by atoms with E-state index in [0.29, 0.717) is 43.2 Å². The van der Waals surface area contributed by atoms with Crippen LogP contribution in [-0.2, 0) is 9.53 Å². The van der Waals surface area contributed by atoms with E-state index in [1.165, 1.54) is 4.90 Å². The third-order valence-corrected chi connectivity index (χ3v) is 6.35. The highest BCUT2D eigenvalue weighted by atomic mass is 16.5. The summed E-state index contributed by atoms with van der Waals surface area (Å²) in [5.74, 6) is 0.221. The van der Waals surface area contributed by atoms with Crippen LogP contribution in [0.5, 0.6) is 5.75 Å². The molecule has 10 nitrogen and oxygen atoms in total. The van der Waals surface area contributed by atoms with E-state index in [1.54, 1.807) is 33.2 Å². The van der Waals surface area contributed by atoms with E-state index in [1.807, 2.05) is 44.7 Å². The number of carbonyl (C=O) groups excluding carboxylic acids is 3. The fraction of sp³-hybridized carbons (Fsp3) is 0.577. The maximum atomic E-state index is 13.2. The molecule has 0 saturated carbocycles. The molecule has 2 N–H and O–H groups in total. The molecule has 1 aromatic rings. The van der Waals surface area contributed by atoms with Crippen LogP contribution in [0.25, 0.3) is 0 Å². The zero-order valence-electron chi connectivity index (χ0n) is 22.4. The number of carbonyl (C=O) groups is 3. The Balaban J connectivity index is 1.89. The number of nitrogens with zero attached hydrogens (tertiary/aromatic N) is 3. The van der Waals surface area contributed by atoms with Gasteiger partial charge >= 0.3 is 18.0 Å². The molecular formula is C26H39N5O5. The molecule has 3 rings (SSSR count). The van der Waals surface area contributed by atoms with Gasteiger partial charge in [-0.15, -0.1) is 0 Å². The van der Waals surface area contributed by atoms with Crippen molar-refractivity contribution in [2.45, 2.75) is 52.2 Å². The molecule has 0 spiro atoms. The summed E-state index contributed by atoms with van der Waals surface area (Å²) in [4.78, 5) is 44.3. The van der Waals surface area contributed by atoms with Gasteiger partial charge in [0.25, 0.3) is 0 Å². The highest BCUT2D eigenvalue weighted by Gasteiger charge is 2.38. The number of urea groups is 2. The van der Waals surface area contributed by atoms with Crippen molar-refractivity contribution in [3.8, 4) is 5.75 Å². The first-order valence-corrected chi connectivity index (χ1v) is 12.3. The molecule has 0 bridgehead atoms. The van der Waals surface area contributed by atoms with Crippen molar-refractivity contribution >= 4 is 18.0 Å². The minimum atomic E-state index is -0.648. The lowest BCUT2D eigenvalue weighted by molar-refractivity contribution is -0.139. The number of ether oxygens (including phenoxy) is 2. The SMILES string of the molecule is CCOC(=O)C1=C(CN2CCN(C(=O)NC(C)(C)C)[C@@H](C)C2)N(C)C(=O)N[C@@H]1c1ccc(OC)cc1. The summed E-state index contributed by atoms with van der Waals surface area (Å²) in [6.45, 7) is 12.0. The Labute approximate surface area is 213 Å². The molecule has 2 atom stereocenters. The zero-order chi connectivity index (χ0) is 26.6. The van der Waals surface area contributed by atoms with Gasteiger partial charge in [-0.05, 0) is 52.3 Å². The van der Waals surface area contributed by atoms with Crippen molar-refractivity contribution in [1.82, 2.24) is 25.3 Å². The van der Waals surface area contributed by atoms with Gasteiger partial charge in [-0.1, -0.05) is 12.1 Å². The van der Waals surface area contributed by atoms with Gasteiger partial charge in [0.1, 0.15) is 5.75 Å². The Kier molecular flexibility index (Phi) is 8.50. The Morgan fingerprint density at radius 2 is 1.83 bits per heavy atom. The van der Waals surface area contributed by atoms with Gasteiger partial charge in [0.15, 0.2) is 0 Å². The largest absolute Gasteiger partial charge is 0.497 e. The van der Waals surface area contributed by atoms with Gasteiger partial charge < -0.3 is 25.0 Å². The standard InChI is InChI=1S/C26H39N5O5/c1-8-36-23(32)21-20(16-30-13-14-31(17(2)15-30)25(34)28-26(3,4)5)29(6)24(33)27-22(21)18-9-11-19(35-7)12-10-18/h9-12,17,22H,8,13-16H2,1-7H3,(H,27,33)(H,28,34)/t17-,22+/m0/s1. The molecule has 0 aliphatic carbocycles. The molecule has 4 amide bonds. The number of hydrogen-bond donors (Lipinski definition) is 2. The molecule has 0 radical (unpaired) electrons. The smallest absolute Gasteiger partial charge is 0.338 e. The summed E-state index contributed by atoms with van der Waals surface area (Å²) >= 11 is 0. The molecule has 2 aliphatic rings.